The molecule has 0 saturated heterocycles. The number of benzene rings is 2. The van der Waals surface area contributed by atoms with Crippen LogP contribution in [0.1, 0.15) is 47.5 Å². The van der Waals surface area contributed by atoms with E-state index in [9.17, 15) is 18.4 Å². The fraction of sp³-hybridized carbons (Fsp3) is 0.231. The number of hydrogen-bond acceptors (Lipinski definition) is 8. The summed E-state index contributed by atoms with van der Waals surface area (Å²) in [6, 6.07) is 12.4. The molecule has 186 valence electrons. The Balaban J connectivity index is 1.67. The molecule has 0 amide bonds. The summed E-state index contributed by atoms with van der Waals surface area (Å²) < 4.78 is 43.9. The molecule has 0 spiro atoms. The number of ether oxygens (including phenoxy) is 2. The van der Waals surface area contributed by atoms with Crippen molar-refractivity contribution in [3.05, 3.63) is 98.5 Å². The van der Waals surface area contributed by atoms with Crippen molar-refractivity contribution >= 4 is 17.3 Å². The van der Waals surface area contributed by atoms with Gasteiger partial charge < -0.3 is 13.9 Å². The summed E-state index contributed by atoms with van der Waals surface area (Å²) in [5.74, 6) is -2.91. The second-order valence-corrected chi connectivity index (χ2v) is 9.89. The number of aromatic nitrogens is 2. The Hall–Kier alpha value is -3.92. The maximum absolute atomic E-state index is 14.0. The molecule has 10 heteroatoms. The summed E-state index contributed by atoms with van der Waals surface area (Å²) in [6.07, 6.45) is 1.15. The Bertz CT molecular complexity index is 1440. The molecule has 2 heterocycles. The van der Waals surface area contributed by atoms with Gasteiger partial charge in [0.1, 0.15) is 35.1 Å². The highest BCUT2D eigenvalue weighted by atomic mass is 32.1. The van der Waals surface area contributed by atoms with Crippen molar-refractivity contribution in [1.82, 2.24) is 10.2 Å². The molecule has 0 N–H and O–H groups in total. The molecule has 0 aliphatic heterocycles. The zero-order valence-electron chi connectivity index (χ0n) is 19.7. The van der Waals surface area contributed by atoms with Crippen LogP contribution in [0.3, 0.4) is 0 Å². The summed E-state index contributed by atoms with van der Waals surface area (Å²) in [6.45, 7) is 5.08. The minimum Gasteiger partial charge on any atom is -0.481 e. The van der Waals surface area contributed by atoms with Crippen LogP contribution in [-0.2, 0) is 17.8 Å². The lowest BCUT2D eigenvalue weighted by molar-refractivity contribution is 0.00268. The van der Waals surface area contributed by atoms with Crippen molar-refractivity contribution in [2.45, 2.75) is 39.4 Å². The highest BCUT2D eigenvalue weighted by Crippen LogP contribution is 2.28. The minimum absolute atomic E-state index is 0.00998. The lowest BCUT2D eigenvalue weighted by Gasteiger charge is -2.19. The van der Waals surface area contributed by atoms with Crippen molar-refractivity contribution in [3.63, 3.8) is 0 Å². The van der Waals surface area contributed by atoms with Gasteiger partial charge in [0.15, 0.2) is 5.01 Å². The predicted molar refractivity (Wildman–Crippen MR) is 129 cm³/mol. The standard InChI is InChI=1S/C26H22F2N2O5S/c1-26(2,3)35-25(32)23-22(33-13-15-7-5-4-6-8-15)21(31)18(14-34-23)24-30-29-20(36-24)11-16-9-10-17(27)12-19(16)28/h4-10,12,14H,11,13H2,1-3H3. The summed E-state index contributed by atoms with van der Waals surface area (Å²) in [5.41, 5.74) is -0.424. The van der Waals surface area contributed by atoms with Crippen LogP contribution in [0.4, 0.5) is 8.78 Å². The van der Waals surface area contributed by atoms with Crippen molar-refractivity contribution in [1.29, 1.82) is 0 Å². The van der Waals surface area contributed by atoms with Gasteiger partial charge in [0.05, 0.1) is 5.56 Å². The molecular formula is C26H22F2N2O5S. The van der Waals surface area contributed by atoms with Crippen LogP contribution in [0.15, 0.2) is 64.0 Å². The zero-order chi connectivity index (χ0) is 25.9. The molecule has 2 aromatic heterocycles. The molecular weight excluding hydrogens is 490 g/mol. The van der Waals surface area contributed by atoms with E-state index >= 15 is 0 Å². The molecule has 36 heavy (non-hydrogen) atoms. The smallest absolute Gasteiger partial charge is 0.378 e. The summed E-state index contributed by atoms with van der Waals surface area (Å²) in [5, 5.41) is 8.64. The van der Waals surface area contributed by atoms with E-state index in [0.29, 0.717) is 5.01 Å². The Labute approximate surface area is 209 Å². The van der Waals surface area contributed by atoms with Crippen molar-refractivity contribution in [2.75, 3.05) is 0 Å². The molecule has 0 aliphatic carbocycles. The first-order valence-corrected chi connectivity index (χ1v) is 11.7. The van der Waals surface area contributed by atoms with Crippen molar-refractivity contribution in [3.8, 4) is 16.3 Å². The first kappa shape index (κ1) is 25.2. The molecule has 0 saturated carbocycles. The molecule has 0 atom stereocenters. The molecule has 0 bridgehead atoms. The lowest BCUT2D eigenvalue weighted by Crippen LogP contribution is -2.25. The van der Waals surface area contributed by atoms with Crippen LogP contribution in [0.2, 0.25) is 0 Å². The largest absolute Gasteiger partial charge is 0.481 e. The molecule has 4 rings (SSSR count). The summed E-state index contributed by atoms with van der Waals surface area (Å²) in [7, 11) is 0. The number of esters is 1. The first-order chi connectivity index (χ1) is 17.1. The first-order valence-electron chi connectivity index (χ1n) is 10.9. The third-order valence-electron chi connectivity index (χ3n) is 4.82. The number of rotatable bonds is 7. The van der Waals surface area contributed by atoms with Crippen LogP contribution >= 0.6 is 11.3 Å². The van der Waals surface area contributed by atoms with E-state index in [4.69, 9.17) is 13.9 Å². The second kappa shape index (κ2) is 10.4. The monoisotopic (exact) mass is 512 g/mol. The number of nitrogens with zero attached hydrogens (tertiary/aromatic N) is 2. The molecule has 0 fully saturated rings. The summed E-state index contributed by atoms with van der Waals surface area (Å²) in [4.78, 5) is 26.1. The average molecular weight is 513 g/mol. The Morgan fingerprint density at radius 3 is 2.53 bits per heavy atom. The predicted octanol–water partition coefficient (Wildman–Crippen LogP) is 5.56. The number of carbonyl (C=O) groups is 1. The maximum Gasteiger partial charge on any atom is 0.378 e. The van der Waals surface area contributed by atoms with Gasteiger partial charge in [-0.1, -0.05) is 47.7 Å². The minimum atomic E-state index is -0.848. The Morgan fingerprint density at radius 2 is 1.83 bits per heavy atom. The Morgan fingerprint density at radius 1 is 1.08 bits per heavy atom. The fourth-order valence-electron chi connectivity index (χ4n) is 3.19. The van der Waals surface area contributed by atoms with E-state index in [2.05, 4.69) is 10.2 Å². The van der Waals surface area contributed by atoms with Crippen molar-refractivity contribution in [2.24, 2.45) is 0 Å². The fourth-order valence-corrected chi connectivity index (χ4v) is 4.05. The quantitative estimate of drug-likeness (QED) is 0.299. The van der Waals surface area contributed by atoms with Gasteiger partial charge in [0.2, 0.25) is 11.2 Å². The van der Waals surface area contributed by atoms with E-state index in [1.165, 1.54) is 6.07 Å². The van der Waals surface area contributed by atoms with E-state index in [1.807, 2.05) is 30.3 Å². The highest BCUT2D eigenvalue weighted by Gasteiger charge is 2.28. The summed E-state index contributed by atoms with van der Waals surface area (Å²) >= 11 is 1.04. The number of hydrogen-bond donors (Lipinski definition) is 0. The van der Waals surface area contributed by atoms with Gasteiger partial charge in [-0.25, -0.2) is 13.6 Å². The number of carbonyl (C=O) groups excluding carboxylic acids is 1. The second-order valence-electron chi connectivity index (χ2n) is 8.83. The third kappa shape index (κ3) is 6.01. The number of halogens is 2. The van der Waals surface area contributed by atoms with Gasteiger partial charge in [-0.2, -0.15) is 0 Å². The van der Waals surface area contributed by atoms with Crippen molar-refractivity contribution < 1.29 is 27.5 Å². The average Bonchev–Trinajstić information content (AvgIpc) is 3.27. The van der Waals surface area contributed by atoms with Gasteiger partial charge in [0.25, 0.3) is 5.76 Å². The zero-order valence-corrected chi connectivity index (χ0v) is 20.5. The van der Waals surface area contributed by atoms with Gasteiger partial charge in [-0.3, -0.25) is 4.79 Å². The van der Waals surface area contributed by atoms with Crippen LogP contribution in [-0.4, -0.2) is 21.8 Å². The van der Waals surface area contributed by atoms with Crippen LogP contribution in [0.5, 0.6) is 5.75 Å². The molecule has 4 aromatic rings. The van der Waals surface area contributed by atoms with Crippen LogP contribution in [0.25, 0.3) is 10.6 Å². The lowest BCUT2D eigenvalue weighted by atomic mass is 10.1. The van der Waals surface area contributed by atoms with Gasteiger partial charge in [-0.15, -0.1) is 10.2 Å². The molecule has 0 radical (unpaired) electrons. The highest BCUT2D eigenvalue weighted by molar-refractivity contribution is 7.14. The molecule has 7 nitrogen and oxygen atoms in total. The van der Waals surface area contributed by atoms with Crippen LogP contribution in [0, 0.1) is 11.6 Å². The third-order valence-corrected chi connectivity index (χ3v) is 5.77. The normalized spacial score (nSPS) is 11.4. The van der Waals surface area contributed by atoms with E-state index in [-0.39, 0.29) is 40.7 Å². The van der Waals surface area contributed by atoms with Gasteiger partial charge in [0, 0.05) is 12.5 Å². The Kier molecular flexibility index (Phi) is 7.25. The van der Waals surface area contributed by atoms with Gasteiger partial charge >= 0.3 is 5.97 Å². The molecule has 0 aliphatic rings. The van der Waals surface area contributed by atoms with E-state index < -0.39 is 28.6 Å². The van der Waals surface area contributed by atoms with E-state index in [0.717, 1.165) is 35.3 Å². The molecule has 2 aromatic carbocycles. The van der Waals surface area contributed by atoms with E-state index in [1.54, 1.807) is 20.8 Å². The molecule has 0 unspecified atom stereocenters. The topological polar surface area (TPSA) is 91.5 Å². The maximum atomic E-state index is 14.0. The SMILES string of the molecule is CC(C)(C)OC(=O)c1occ(-c2nnc(Cc3ccc(F)cc3F)s2)c(=O)c1OCc1ccccc1. The van der Waals surface area contributed by atoms with Crippen LogP contribution < -0.4 is 10.2 Å². The van der Waals surface area contributed by atoms with Gasteiger partial charge in [-0.05, 0) is 38.0 Å².